The number of nitrogens with zero attached hydrogens (tertiary/aromatic N) is 2. The quantitative estimate of drug-likeness (QED) is 0.680. The zero-order valence-corrected chi connectivity index (χ0v) is 11.7. The van der Waals surface area contributed by atoms with Gasteiger partial charge in [0.05, 0.1) is 6.61 Å². The van der Waals surface area contributed by atoms with E-state index in [0.29, 0.717) is 19.1 Å². The first-order valence-electron chi connectivity index (χ1n) is 5.69. The number of aryl methyl sites for hydroxylation is 1. The predicted molar refractivity (Wildman–Crippen MR) is 68.5 cm³/mol. The summed E-state index contributed by atoms with van der Waals surface area (Å²) >= 11 is 0. The smallest absolute Gasteiger partial charge is 0.245 e. The van der Waals surface area contributed by atoms with Crippen molar-refractivity contribution in [3.8, 4) is 0 Å². The van der Waals surface area contributed by atoms with Gasteiger partial charge in [-0.25, -0.2) is 13.1 Å². The van der Waals surface area contributed by atoms with Crippen molar-refractivity contribution in [3.05, 3.63) is 6.20 Å². The van der Waals surface area contributed by atoms with Gasteiger partial charge in [0.1, 0.15) is 4.90 Å². The topological polar surface area (TPSA) is 99.2 Å². The Morgan fingerprint density at radius 2 is 2.22 bits per heavy atom. The normalized spacial score (nSPS) is 12.2. The van der Waals surface area contributed by atoms with E-state index >= 15 is 0 Å². The number of ether oxygens (including phenoxy) is 1. The minimum atomic E-state index is -3.61. The number of anilines is 1. The molecule has 1 rings (SSSR count). The SMILES string of the molecule is CC(C)COCCNS(=O)(=O)c1cn(C)nc1N. The molecule has 0 aromatic carbocycles. The van der Waals surface area contributed by atoms with Crippen molar-refractivity contribution in [2.75, 3.05) is 25.5 Å². The summed E-state index contributed by atoms with van der Waals surface area (Å²) in [5, 5.41) is 3.79. The Balaban J connectivity index is 2.48. The zero-order valence-electron chi connectivity index (χ0n) is 10.9. The van der Waals surface area contributed by atoms with E-state index in [9.17, 15) is 8.42 Å². The minimum Gasteiger partial charge on any atom is -0.381 e. The van der Waals surface area contributed by atoms with Crippen molar-refractivity contribution in [2.24, 2.45) is 13.0 Å². The average molecular weight is 276 g/mol. The van der Waals surface area contributed by atoms with Gasteiger partial charge >= 0.3 is 0 Å². The molecule has 0 radical (unpaired) electrons. The highest BCUT2D eigenvalue weighted by molar-refractivity contribution is 7.89. The minimum absolute atomic E-state index is 0.00569. The molecule has 8 heteroatoms. The average Bonchev–Trinajstić information content (AvgIpc) is 2.57. The second-order valence-electron chi connectivity index (χ2n) is 4.42. The van der Waals surface area contributed by atoms with Crippen LogP contribution in [0.2, 0.25) is 0 Å². The first-order chi connectivity index (χ1) is 8.33. The maximum Gasteiger partial charge on any atom is 0.245 e. The summed E-state index contributed by atoms with van der Waals surface area (Å²) in [5.74, 6) is 0.420. The predicted octanol–water partition coefficient (Wildman–Crippen LogP) is -0.0468. The van der Waals surface area contributed by atoms with Crippen LogP contribution < -0.4 is 10.5 Å². The first-order valence-corrected chi connectivity index (χ1v) is 7.17. The Hall–Kier alpha value is -1.12. The molecule has 104 valence electrons. The van der Waals surface area contributed by atoms with Crippen LogP contribution in [-0.4, -0.2) is 38.0 Å². The monoisotopic (exact) mass is 276 g/mol. The lowest BCUT2D eigenvalue weighted by molar-refractivity contribution is 0.114. The van der Waals surface area contributed by atoms with E-state index < -0.39 is 10.0 Å². The van der Waals surface area contributed by atoms with Gasteiger partial charge in [0.25, 0.3) is 0 Å². The molecule has 3 N–H and O–H groups in total. The molecule has 0 aliphatic rings. The third kappa shape index (κ3) is 4.28. The van der Waals surface area contributed by atoms with Crippen LogP contribution in [-0.2, 0) is 21.8 Å². The molecule has 0 atom stereocenters. The molecule has 0 bridgehead atoms. The van der Waals surface area contributed by atoms with E-state index in [-0.39, 0.29) is 17.3 Å². The van der Waals surface area contributed by atoms with E-state index in [2.05, 4.69) is 9.82 Å². The van der Waals surface area contributed by atoms with Crippen molar-refractivity contribution in [1.82, 2.24) is 14.5 Å². The number of sulfonamides is 1. The zero-order chi connectivity index (χ0) is 13.8. The molecule has 0 aliphatic carbocycles. The summed E-state index contributed by atoms with van der Waals surface area (Å²) in [6.07, 6.45) is 1.37. The number of nitrogen functional groups attached to an aromatic ring is 1. The highest BCUT2D eigenvalue weighted by atomic mass is 32.2. The van der Waals surface area contributed by atoms with Gasteiger partial charge in [-0.3, -0.25) is 4.68 Å². The van der Waals surface area contributed by atoms with Gasteiger partial charge in [-0.15, -0.1) is 0 Å². The molecular weight excluding hydrogens is 256 g/mol. The summed E-state index contributed by atoms with van der Waals surface area (Å²) in [6, 6.07) is 0. The van der Waals surface area contributed by atoms with Crippen LogP contribution in [0.5, 0.6) is 0 Å². The Morgan fingerprint density at radius 3 is 2.72 bits per heavy atom. The molecule has 1 aromatic rings. The van der Waals surface area contributed by atoms with Crippen LogP contribution in [0, 0.1) is 5.92 Å². The fourth-order valence-electron chi connectivity index (χ4n) is 1.34. The summed E-state index contributed by atoms with van der Waals surface area (Å²) in [5.41, 5.74) is 5.52. The van der Waals surface area contributed by atoms with Crippen molar-refractivity contribution in [2.45, 2.75) is 18.7 Å². The third-order valence-corrected chi connectivity index (χ3v) is 3.58. The highest BCUT2D eigenvalue weighted by Crippen LogP contribution is 2.14. The van der Waals surface area contributed by atoms with Crippen molar-refractivity contribution in [1.29, 1.82) is 0 Å². The third-order valence-electron chi connectivity index (χ3n) is 2.10. The summed E-state index contributed by atoms with van der Waals surface area (Å²) in [4.78, 5) is -0.00569. The summed E-state index contributed by atoms with van der Waals surface area (Å²) < 4.78 is 32.8. The van der Waals surface area contributed by atoms with Gasteiger partial charge < -0.3 is 10.5 Å². The van der Waals surface area contributed by atoms with E-state index in [1.165, 1.54) is 10.9 Å². The lowest BCUT2D eigenvalue weighted by atomic mass is 10.2. The van der Waals surface area contributed by atoms with Gasteiger partial charge in [-0.05, 0) is 5.92 Å². The number of nitrogens with one attached hydrogen (secondary N) is 1. The van der Waals surface area contributed by atoms with Gasteiger partial charge in [-0.2, -0.15) is 5.10 Å². The second-order valence-corrected chi connectivity index (χ2v) is 6.15. The van der Waals surface area contributed by atoms with Gasteiger partial charge in [-0.1, -0.05) is 13.8 Å². The number of nitrogens with two attached hydrogens (primary N) is 1. The Bertz CT molecular complexity index is 481. The summed E-state index contributed by atoms with van der Waals surface area (Å²) in [7, 11) is -2.00. The first kappa shape index (κ1) is 14.9. The maximum absolute atomic E-state index is 11.9. The largest absolute Gasteiger partial charge is 0.381 e. The van der Waals surface area contributed by atoms with Gasteiger partial charge in [0.2, 0.25) is 10.0 Å². The van der Waals surface area contributed by atoms with Crippen LogP contribution in [0.4, 0.5) is 5.82 Å². The molecule has 0 fully saturated rings. The lowest BCUT2D eigenvalue weighted by Crippen LogP contribution is -2.28. The summed E-state index contributed by atoms with van der Waals surface area (Å²) in [6.45, 7) is 5.21. The van der Waals surface area contributed by atoms with Gasteiger partial charge in [0.15, 0.2) is 5.82 Å². The number of rotatable bonds is 7. The molecule has 1 aromatic heterocycles. The Kier molecular flexibility index (Phi) is 5.12. The molecule has 18 heavy (non-hydrogen) atoms. The number of hydrogen-bond donors (Lipinski definition) is 2. The van der Waals surface area contributed by atoms with E-state index in [1.54, 1.807) is 7.05 Å². The molecule has 1 heterocycles. The molecule has 0 unspecified atom stereocenters. The fraction of sp³-hybridized carbons (Fsp3) is 0.700. The molecule has 0 amide bonds. The van der Waals surface area contributed by atoms with Gasteiger partial charge in [0, 0.05) is 26.4 Å². The molecular formula is C10H20N4O3S. The highest BCUT2D eigenvalue weighted by Gasteiger charge is 2.19. The van der Waals surface area contributed by atoms with Crippen molar-refractivity contribution >= 4 is 15.8 Å². The molecule has 0 saturated carbocycles. The van der Waals surface area contributed by atoms with E-state index in [1.807, 2.05) is 13.8 Å². The lowest BCUT2D eigenvalue weighted by Gasteiger charge is -2.08. The van der Waals surface area contributed by atoms with Crippen molar-refractivity contribution in [3.63, 3.8) is 0 Å². The fourth-order valence-corrected chi connectivity index (χ4v) is 2.45. The maximum atomic E-state index is 11.9. The van der Waals surface area contributed by atoms with Crippen LogP contribution in [0.1, 0.15) is 13.8 Å². The Labute approximate surface area is 107 Å². The van der Waals surface area contributed by atoms with E-state index in [0.717, 1.165) is 0 Å². The number of aromatic nitrogens is 2. The van der Waals surface area contributed by atoms with Crippen LogP contribution in [0.3, 0.4) is 0 Å². The molecule has 7 nitrogen and oxygen atoms in total. The Morgan fingerprint density at radius 1 is 1.56 bits per heavy atom. The molecule has 0 aliphatic heterocycles. The van der Waals surface area contributed by atoms with Crippen LogP contribution >= 0.6 is 0 Å². The number of hydrogen-bond acceptors (Lipinski definition) is 5. The van der Waals surface area contributed by atoms with Crippen LogP contribution in [0.25, 0.3) is 0 Å². The standard InChI is InChI=1S/C10H20N4O3S/c1-8(2)7-17-5-4-12-18(15,16)9-6-14(3)13-10(9)11/h6,8,12H,4-5,7H2,1-3H3,(H2,11,13). The molecule has 0 saturated heterocycles. The van der Waals surface area contributed by atoms with E-state index in [4.69, 9.17) is 10.5 Å². The van der Waals surface area contributed by atoms with Crippen LogP contribution in [0.15, 0.2) is 11.1 Å². The second kappa shape index (κ2) is 6.17. The van der Waals surface area contributed by atoms with Crippen molar-refractivity contribution < 1.29 is 13.2 Å². The molecule has 0 spiro atoms.